The van der Waals surface area contributed by atoms with Crippen LogP contribution in [0.3, 0.4) is 0 Å². The Hall–Kier alpha value is -1.72. The van der Waals surface area contributed by atoms with Gasteiger partial charge in [0, 0.05) is 39.1 Å². The van der Waals surface area contributed by atoms with E-state index in [-0.39, 0.29) is 6.10 Å². The van der Waals surface area contributed by atoms with Gasteiger partial charge >= 0.3 is 0 Å². The summed E-state index contributed by atoms with van der Waals surface area (Å²) >= 11 is 0. The zero-order valence-electron chi connectivity index (χ0n) is 12.9. The van der Waals surface area contributed by atoms with Crippen molar-refractivity contribution in [2.75, 3.05) is 19.7 Å². The molecule has 1 aliphatic rings. The summed E-state index contributed by atoms with van der Waals surface area (Å²) in [4.78, 5) is 11.5. The van der Waals surface area contributed by atoms with Crippen LogP contribution >= 0.6 is 0 Å². The third-order valence-corrected chi connectivity index (χ3v) is 3.96. The minimum atomic E-state index is 0.0430. The van der Waals surface area contributed by atoms with Crippen molar-refractivity contribution in [2.45, 2.75) is 26.5 Å². The predicted octanol–water partition coefficient (Wildman–Crippen LogP) is 2.01. The number of hydrogen-bond donors (Lipinski definition) is 0. The normalized spacial score (nSPS) is 19.9. The Morgan fingerprint density at radius 1 is 1.38 bits per heavy atom. The molecular weight excluding hydrogens is 264 g/mol. The number of rotatable bonds is 3. The smallest absolute Gasteiger partial charge is 0.139 e. The Morgan fingerprint density at radius 2 is 2.24 bits per heavy atom. The largest absolute Gasteiger partial charge is 0.368 e. The van der Waals surface area contributed by atoms with Crippen LogP contribution in [0, 0.1) is 13.8 Å². The lowest BCUT2D eigenvalue weighted by Gasteiger charge is -2.32. The van der Waals surface area contributed by atoms with Gasteiger partial charge in [-0.1, -0.05) is 6.07 Å². The van der Waals surface area contributed by atoms with Crippen LogP contribution in [0.4, 0.5) is 0 Å². The fraction of sp³-hybridized carbons (Fsp3) is 0.500. The van der Waals surface area contributed by atoms with Crippen molar-refractivity contribution in [3.8, 4) is 0 Å². The van der Waals surface area contributed by atoms with Crippen LogP contribution in [-0.2, 0) is 18.3 Å². The van der Waals surface area contributed by atoms with Crippen molar-refractivity contribution in [2.24, 2.45) is 7.05 Å². The summed E-state index contributed by atoms with van der Waals surface area (Å²) in [5.74, 6) is 1.01. The van der Waals surface area contributed by atoms with Gasteiger partial charge in [-0.05, 0) is 25.5 Å². The van der Waals surface area contributed by atoms with Crippen molar-refractivity contribution < 1.29 is 4.74 Å². The Balaban J connectivity index is 1.71. The van der Waals surface area contributed by atoms with Crippen molar-refractivity contribution >= 4 is 0 Å². The van der Waals surface area contributed by atoms with Gasteiger partial charge in [-0.15, -0.1) is 0 Å². The van der Waals surface area contributed by atoms with Crippen molar-refractivity contribution in [3.63, 3.8) is 0 Å². The molecule has 5 nitrogen and oxygen atoms in total. The Bertz CT molecular complexity index is 622. The first kappa shape index (κ1) is 14.2. The second kappa shape index (κ2) is 5.95. The molecule has 1 atom stereocenters. The lowest BCUT2D eigenvalue weighted by molar-refractivity contribution is -0.0388. The van der Waals surface area contributed by atoms with Gasteiger partial charge in [-0.3, -0.25) is 9.88 Å². The summed E-state index contributed by atoms with van der Waals surface area (Å²) < 4.78 is 7.98. The first-order valence-electron chi connectivity index (χ1n) is 7.38. The number of morpholine rings is 1. The molecule has 0 radical (unpaired) electrons. The van der Waals surface area contributed by atoms with E-state index in [9.17, 15) is 0 Å². The molecule has 21 heavy (non-hydrogen) atoms. The van der Waals surface area contributed by atoms with Crippen LogP contribution in [0.15, 0.2) is 24.5 Å². The average molecular weight is 286 g/mol. The minimum absolute atomic E-state index is 0.0430. The van der Waals surface area contributed by atoms with Crippen LogP contribution in [0.25, 0.3) is 0 Å². The van der Waals surface area contributed by atoms with E-state index in [1.165, 1.54) is 5.56 Å². The first-order chi connectivity index (χ1) is 10.1. The van der Waals surface area contributed by atoms with Crippen molar-refractivity contribution in [1.29, 1.82) is 0 Å². The van der Waals surface area contributed by atoms with E-state index in [2.05, 4.69) is 32.4 Å². The highest BCUT2D eigenvalue weighted by Gasteiger charge is 2.25. The number of nitrogens with zero attached hydrogens (tertiary/aromatic N) is 4. The molecule has 3 rings (SSSR count). The van der Waals surface area contributed by atoms with E-state index in [0.29, 0.717) is 0 Å². The Kier molecular flexibility index (Phi) is 4.03. The summed E-state index contributed by atoms with van der Waals surface area (Å²) in [7, 11) is 2.03. The monoisotopic (exact) mass is 286 g/mol. The molecule has 2 aromatic rings. The molecule has 5 heteroatoms. The highest BCUT2D eigenvalue weighted by atomic mass is 16.5. The first-order valence-corrected chi connectivity index (χ1v) is 7.38. The molecule has 0 aromatic carbocycles. The topological polar surface area (TPSA) is 43.2 Å². The van der Waals surface area contributed by atoms with E-state index in [0.717, 1.165) is 43.5 Å². The number of pyridine rings is 1. The fourth-order valence-corrected chi connectivity index (χ4v) is 2.83. The van der Waals surface area contributed by atoms with Gasteiger partial charge < -0.3 is 9.30 Å². The van der Waals surface area contributed by atoms with Crippen LogP contribution in [0.1, 0.15) is 28.9 Å². The second-order valence-electron chi connectivity index (χ2n) is 5.71. The molecule has 1 fully saturated rings. The molecule has 112 valence electrons. The zero-order chi connectivity index (χ0) is 14.8. The third-order valence-electron chi connectivity index (χ3n) is 3.96. The summed E-state index contributed by atoms with van der Waals surface area (Å²) in [5, 5.41) is 0. The average Bonchev–Trinajstić information content (AvgIpc) is 2.81. The molecule has 0 spiro atoms. The predicted molar refractivity (Wildman–Crippen MR) is 80.9 cm³/mol. The maximum atomic E-state index is 5.91. The molecule has 0 amide bonds. The van der Waals surface area contributed by atoms with Crippen LogP contribution in [0.2, 0.25) is 0 Å². The lowest BCUT2D eigenvalue weighted by Crippen LogP contribution is -2.39. The van der Waals surface area contributed by atoms with Gasteiger partial charge in [0.05, 0.1) is 18.0 Å². The molecule has 0 bridgehead atoms. The quantitative estimate of drug-likeness (QED) is 0.865. The fourth-order valence-electron chi connectivity index (χ4n) is 2.83. The van der Waals surface area contributed by atoms with E-state index in [4.69, 9.17) is 4.74 Å². The van der Waals surface area contributed by atoms with Gasteiger partial charge in [-0.25, -0.2) is 4.98 Å². The highest BCUT2D eigenvalue weighted by molar-refractivity contribution is 5.17. The summed E-state index contributed by atoms with van der Waals surface area (Å²) in [6.45, 7) is 7.54. The van der Waals surface area contributed by atoms with Crippen LogP contribution in [-0.4, -0.2) is 39.1 Å². The van der Waals surface area contributed by atoms with E-state index in [1.807, 2.05) is 32.4 Å². The van der Waals surface area contributed by atoms with E-state index in [1.54, 1.807) is 0 Å². The molecule has 0 saturated carbocycles. The van der Waals surface area contributed by atoms with Crippen LogP contribution in [0.5, 0.6) is 0 Å². The standard InChI is InChI=1S/C16H22N4O/c1-12-5-4-6-17-14(12)10-20-7-8-21-15(11-20)16-18-13(2)9-19(16)3/h4-6,9,15H,7-8,10-11H2,1-3H3/t15-/m1/s1. The van der Waals surface area contributed by atoms with Crippen molar-refractivity contribution in [3.05, 3.63) is 47.3 Å². The maximum absolute atomic E-state index is 5.91. The Morgan fingerprint density at radius 3 is 2.95 bits per heavy atom. The summed E-state index contributed by atoms with van der Waals surface area (Å²) in [6.07, 6.45) is 3.95. The zero-order valence-corrected chi connectivity index (χ0v) is 12.9. The van der Waals surface area contributed by atoms with Gasteiger partial charge in [0.15, 0.2) is 0 Å². The molecule has 2 aromatic heterocycles. The number of imidazole rings is 1. The number of ether oxygens (including phenoxy) is 1. The molecular formula is C16H22N4O. The molecule has 0 aliphatic carbocycles. The summed E-state index contributed by atoms with van der Waals surface area (Å²) in [6, 6.07) is 4.10. The van der Waals surface area contributed by atoms with Gasteiger partial charge in [0.1, 0.15) is 11.9 Å². The molecule has 0 unspecified atom stereocenters. The minimum Gasteiger partial charge on any atom is -0.368 e. The SMILES string of the molecule is Cc1cn(C)c([C@H]2CN(Cc3ncccc3C)CCO2)n1. The number of aryl methyl sites for hydroxylation is 3. The Labute approximate surface area is 125 Å². The van der Waals surface area contributed by atoms with Crippen molar-refractivity contribution in [1.82, 2.24) is 19.4 Å². The van der Waals surface area contributed by atoms with Gasteiger partial charge in [0.25, 0.3) is 0 Å². The molecule has 0 N–H and O–H groups in total. The third kappa shape index (κ3) is 3.14. The summed E-state index contributed by atoms with van der Waals surface area (Å²) in [5.41, 5.74) is 3.43. The number of hydrogen-bond acceptors (Lipinski definition) is 4. The highest BCUT2D eigenvalue weighted by Crippen LogP contribution is 2.22. The number of aromatic nitrogens is 3. The maximum Gasteiger partial charge on any atom is 0.139 e. The van der Waals surface area contributed by atoms with Gasteiger partial charge in [-0.2, -0.15) is 0 Å². The lowest BCUT2D eigenvalue weighted by atomic mass is 10.2. The second-order valence-corrected chi connectivity index (χ2v) is 5.71. The van der Waals surface area contributed by atoms with Crippen LogP contribution < -0.4 is 0 Å². The molecule has 1 aliphatic heterocycles. The molecule has 3 heterocycles. The molecule has 1 saturated heterocycles. The van der Waals surface area contributed by atoms with E-state index >= 15 is 0 Å². The van der Waals surface area contributed by atoms with E-state index < -0.39 is 0 Å². The van der Waals surface area contributed by atoms with Gasteiger partial charge in [0.2, 0.25) is 0 Å².